The molecule has 64 heavy (non-hydrogen) atoms. The molecule has 11 atom stereocenters. The van der Waals surface area contributed by atoms with E-state index in [2.05, 4.69) is 19.9 Å². The van der Waals surface area contributed by atoms with E-state index in [0.717, 1.165) is 44.9 Å². The van der Waals surface area contributed by atoms with Gasteiger partial charge in [-0.3, -0.25) is 69.2 Å². The van der Waals surface area contributed by atoms with Gasteiger partial charge in [-0.25, -0.2) is 0 Å². The van der Waals surface area contributed by atoms with Crippen LogP contribution in [0.25, 0.3) is 0 Å². The number of aliphatic hydroxyl groups is 1. The lowest BCUT2D eigenvalue weighted by atomic mass is 9.48. The highest BCUT2D eigenvalue weighted by Gasteiger charge is 2.59. The number of fused-ring (bicyclic) bond motifs is 5. The molecule has 0 bridgehead atoms. The topological polar surface area (TPSA) is 351 Å². The van der Waals surface area contributed by atoms with Gasteiger partial charge < -0.3 is 33.5 Å². The van der Waals surface area contributed by atoms with Crippen LogP contribution in [0.4, 0.5) is 0 Å². The Morgan fingerprint density at radius 1 is 0.703 bits per heavy atom. The van der Waals surface area contributed by atoms with Crippen molar-refractivity contribution in [2.45, 2.75) is 135 Å². The fraction of sp³-hybridized carbons (Fsp3) is 0.795. The van der Waals surface area contributed by atoms with Gasteiger partial charge in [0, 0.05) is 44.9 Å². The zero-order chi connectivity index (χ0) is 47.5. The molecule has 0 aromatic heterocycles. The second kappa shape index (κ2) is 22.3. The van der Waals surface area contributed by atoms with Crippen LogP contribution in [0.1, 0.15) is 97.8 Å². The predicted molar refractivity (Wildman–Crippen MR) is 210 cm³/mol. The monoisotopic (exact) mass is 914 g/mol. The highest BCUT2D eigenvalue weighted by Crippen LogP contribution is 2.64. The van der Waals surface area contributed by atoms with Crippen molar-refractivity contribution in [3.05, 3.63) is 52.1 Å². The highest BCUT2D eigenvalue weighted by molar-refractivity contribution is 5.87. The molecule has 0 aromatic rings. The quantitative estimate of drug-likeness (QED) is 0.0676. The Morgan fingerprint density at radius 3 is 1.72 bits per heavy atom. The number of allylic oxidation sites excluding steroid dienone is 1. The highest BCUT2D eigenvalue weighted by atomic mass is 16.7. The van der Waals surface area contributed by atoms with Gasteiger partial charge >= 0.3 is 29.8 Å². The van der Waals surface area contributed by atoms with Crippen molar-refractivity contribution in [3.8, 4) is 0 Å². The summed E-state index contributed by atoms with van der Waals surface area (Å²) in [5.41, 5.74) is 1.74. The molecule has 1 N–H and O–H groups in total. The minimum Gasteiger partial charge on any atom is -0.463 e. The maximum Gasteiger partial charge on any atom is 0.313 e. The van der Waals surface area contributed by atoms with E-state index in [1.807, 2.05) is 0 Å². The molecule has 0 aromatic carbocycles. The maximum atomic E-state index is 12.4. The first kappa shape index (κ1) is 50.9. The largest absolute Gasteiger partial charge is 0.463 e. The van der Waals surface area contributed by atoms with E-state index in [9.17, 15) is 74.3 Å². The number of ether oxygens (including phenoxy) is 6. The van der Waals surface area contributed by atoms with Crippen molar-refractivity contribution in [2.24, 2.45) is 28.6 Å². The number of hydrogen-bond acceptors (Lipinski definition) is 21. The molecule has 356 valence electrons. The van der Waals surface area contributed by atoms with Crippen LogP contribution in [0.3, 0.4) is 0 Å². The third-order valence-corrected chi connectivity index (χ3v) is 12.9. The molecule has 1 saturated heterocycles. The molecule has 0 radical (unpaired) electrons. The predicted octanol–water partition coefficient (Wildman–Crippen LogP) is 2.10. The van der Waals surface area contributed by atoms with E-state index in [1.165, 1.54) is 18.9 Å². The molecule has 5 rings (SSSR count). The molecule has 25 nitrogen and oxygen atoms in total. The number of nitro groups is 4. The smallest absolute Gasteiger partial charge is 0.313 e. The van der Waals surface area contributed by atoms with Crippen LogP contribution in [-0.2, 0) is 57.2 Å². The number of Topliss-reactive ketones (excluding diaryl/α,β-unsaturated/α-hetero) is 1. The molecule has 0 amide bonds. The summed E-state index contributed by atoms with van der Waals surface area (Å²) in [6.45, 7) is 1.74. The maximum absolute atomic E-state index is 12.4. The van der Waals surface area contributed by atoms with Crippen molar-refractivity contribution in [3.63, 3.8) is 0 Å². The average molecular weight is 915 g/mol. The van der Waals surface area contributed by atoms with E-state index >= 15 is 0 Å². The Bertz CT molecular complexity index is 1860. The molecular weight excluding hydrogens is 860 g/mol. The van der Waals surface area contributed by atoms with Gasteiger partial charge in [0.1, 0.15) is 50.3 Å². The molecule has 25 heteroatoms. The van der Waals surface area contributed by atoms with Crippen LogP contribution in [0, 0.1) is 69.0 Å². The summed E-state index contributed by atoms with van der Waals surface area (Å²) in [7, 11) is 0. The van der Waals surface area contributed by atoms with Gasteiger partial charge in [0.05, 0.1) is 0 Å². The zero-order valence-corrected chi connectivity index (χ0v) is 35.7. The fourth-order valence-electron chi connectivity index (χ4n) is 9.77. The van der Waals surface area contributed by atoms with E-state index in [4.69, 9.17) is 28.4 Å². The number of ketones is 1. The van der Waals surface area contributed by atoms with Crippen LogP contribution in [0.15, 0.2) is 11.6 Å². The molecule has 1 heterocycles. The molecule has 3 saturated carbocycles. The summed E-state index contributed by atoms with van der Waals surface area (Å²) in [4.78, 5) is 111. The van der Waals surface area contributed by atoms with Crippen LogP contribution < -0.4 is 0 Å². The molecule has 4 fully saturated rings. The second-order valence-electron chi connectivity index (χ2n) is 17.0. The van der Waals surface area contributed by atoms with Crippen molar-refractivity contribution >= 4 is 35.6 Å². The van der Waals surface area contributed by atoms with Crippen molar-refractivity contribution in [1.82, 2.24) is 0 Å². The number of esters is 5. The van der Waals surface area contributed by atoms with E-state index in [1.54, 1.807) is 0 Å². The lowest BCUT2D eigenvalue weighted by molar-refractivity contribution is -0.479. The number of rotatable bonds is 18. The Morgan fingerprint density at radius 2 is 1.19 bits per heavy atom. The zero-order valence-electron chi connectivity index (χ0n) is 35.7. The Kier molecular flexibility index (Phi) is 17.7. The number of carbonyl (C=O) groups is 6. The van der Waals surface area contributed by atoms with Gasteiger partial charge in [0.2, 0.25) is 26.2 Å². The first-order valence-electron chi connectivity index (χ1n) is 21.0. The third-order valence-electron chi connectivity index (χ3n) is 12.9. The van der Waals surface area contributed by atoms with E-state index in [0.29, 0.717) is 23.5 Å². The first-order valence-corrected chi connectivity index (χ1v) is 21.0. The Hall–Kier alpha value is -5.72. The SMILES string of the molecule is CC(=O)OC1CCC2(C)C(=CCC3C4CCC(=O)C4(C)CCC32)C1.O=C(CC[N+](=O)[O-])OCC1OC(O)C(OC(=O)CC[N+](=O)[O-])C(OC(=O)CC[N+](=O)[O-])C1OC(=O)CC[N+](=O)[O-]. The van der Waals surface area contributed by atoms with E-state index < -0.39 is 133 Å². The lowest BCUT2D eigenvalue weighted by Gasteiger charge is -2.56. The van der Waals surface area contributed by atoms with Gasteiger partial charge in [-0.1, -0.05) is 25.5 Å². The van der Waals surface area contributed by atoms with Crippen molar-refractivity contribution < 1.29 is 82.0 Å². The Labute approximate surface area is 365 Å². The summed E-state index contributed by atoms with van der Waals surface area (Å²) in [6.07, 6.45) is -2.34. The summed E-state index contributed by atoms with van der Waals surface area (Å²) in [5.74, 6) is -2.73. The molecule has 1 aliphatic heterocycles. The van der Waals surface area contributed by atoms with E-state index in [-0.39, 0.29) is 22.9 Å². The van der Waals surface area contributed by atoms with Crippen molar-refractivity contribution in [2.75, 3.05) is 32.8 Å². The second-order valence-corrected chi connectivity index (χ2v) is 17.0. The first-order chi connectivity index (χ1) is 30.0. The van der Waals surface area contributed by atoms with Crippen LogP contribution in [0.5, 0.6) is 0 Å². The summed E-state index contributed by atoms with van der Waals surface area (Å²) in [5, 5.41) is 52.7. The number of aliphatic hydroxyl groups excluding tert-OH is 1. The minimum absolute atomic E-state index is 0.0438. The lowest BCUT2D eigenvalue weighted by Crippen LogP contribution is -2.62. The minimum atomic E-state index is -2.22. The number of hydrogen-bond donors (Lipinski definition) is 1. The average Bonchev–Trinajstić information content (AvgIpc) is 3.52. The van der Waals surface area contributed by atoms with Gasteiger partial charge in [-0.2, -0.15) is 0 Å². The van der Waals surface area contributed by atoms with Crippen LogP contribution in [-0.4, -0.2) is 130 Å². The normalized spacial score (nSPS) is 31.4. The van der Waals surface area contributed by atoms with Gasteiger partial charge in [0.25, 0.3) is 0 Å². The molecule has 11 unspecified atom stereocenters. The van der Waals surface area contributed by atoms with Crippen molar-refractivity contribution in [1.29, 1.82) is 0 Å². The fourth-order valence-corrected chi connectivity index (χ4v) is 9.77. The number of nitrogens with zero attached hydrogens (tertiary/aromatic N) is 4. The molecule has 4 aliphatic carbocycles. The molecule has 5 aliphatic rings. The number of carbonyl (C=O) groups excluding carboxylic acids is 6. The van der Waals surface area contributed by atoms with Gasteiger partial charge in [-0.05, 0) is 61.7 Å². The van der Waals surface area contributed by atoms with Gasteiger partial charge in [0.15, 0.2) is 24.6 Å². The molecule has 0 spiro atoms. The summed E-state index contributed by atoms with van der Waals surface area (Å²) in [6, 6.07) is 0. The Balaban J connectivity index is 0.000000314. The van der Waals surface area contributed by atoms with Crippen LogP contribution in [0.2, 0.25) is 0 Å². The van der Waals surface area contributed by atoms with Gasteiger partial charge in [-0.15, -0.1) is 0 Å². The molecular formula is C39H54N4O21. The summed E-state index contributed by atoms with van der Waals surface area (Å²) < 4.78 is 30.6. The third kappa shape index (κ3) is 13.4. The standard InChI is InChI=1S/C21H30O3.C18H24N4O18/c1-13(22)24-15-8-10-20(2)14(12-15)4-5-16-17-6-7-19(23)21(17,3)11-9-18(16)20;23-11(1-5-19(28)29)36-9-10-15(38-12(24)2-6-20(30)31)16(39-13(25)3-7-21(32)33)17(18(27)37-10)40-14(26)4-8-22(34)35/h4,15-18H,5-12H2,1-3H3;10,15-18,27H,1-9H2. The van der Waals surface area contributed by atoms with Crippen LogP contribution >= 0.6 is 0 Å². The summed E-state index contributed by atoms with van der Waals surface area (Å²) >= 11 is 0.